The van der Waals surface area contributed by atoms with E-state index in [0.717, 1.165) is 6.42 Å². The molecule has 20 heavy (non-hydrogen) atoms. The van der Waals surface area contributed by atoms with Crippen molar-refractivity contribution < 1.29 is 22.0 Å². The Labute approximate surface area is 111 Å². The van der Waals surface area contributed by atoms with Crippen molar-refractivity contribution in [3.8, 4) is 0 Å². The molecule has 3 rings (SSSR count). The van der Waals surface area contributed by atoms with Crippen LogP contribution in [0.2, 0.25) is 0 Å². The molecular weight excluding hydrogens is 279 g/mol. The second-order valence-corrected chi connectivity index (χ2v) is 4.80. The van der Waals surface area contributed by atoms with E-state index in [1.54, 1.807) is 0 Å². The zero-order valence-corrected chi connectivity index (χ0v) is 10.1. The lowest BCUT2D eigenvalue weighted by molar-refractivity contribution is 0.381. The molecule has 0 heterocycles. The molecule has 2 aliphatic carbocycles. The molecule has 0 bridgehead atoms. The molecule has 1 aromatic carbocycles. The summed E-state index contributed by atoms with van der Waals surface area (Å²) in [6, 6.07) is 0. The Kier molecular flexibility index (Phi) is 2.99. The van der Waals surface area contributed by atoms with Crippen molar-refractivity contribution in [1.82, 2.24) is 0 Å². The van der Waals surface area contributed by atoms with Crippen molar-refractivity contribution in [2.75, 3.05) is 5.43 Å². The zero-order valence-electron chi connectivity index (χ0n) is 10.1. The third-order valence-electron chi connectivity index (χ3n) is 3.68. The van der Waals surface area contributed by atoms with Gasteiger partial charge in [0.05, 0.1) is 0 Å². The van der Waals surface area contributed by atoms with Crippen molar-refractivity contribution in [1.29, 1.82) is 0 Å². The second-order valence-electron chi connectivity index (χ2n) is 4.80. The van der Waals surface area contributed by atoms with Gasteiger partial charge in [-0.05, 0) is 18.8 Å². The van der Waals surface area contributed by atoms with Crippen LogP contribution in [0.25, 0.3) is 0 Å². The Balaban J connectivity index is 1.87. The van der Waals surface area contributed by atoms with Crippen molar-refractivity contribution in [2.45, 2.75) is 12.8 Å². The summed E-state index contributed by atoms with van der Waals surface area (Å²) in [7, 11) is 0. The molecule has 0 amide bonds. The van der Waals surface area contributed by atoms with Gasteiger partial charge in [-0.3, -0.25) is 5.43 Å². The number of benzene rings is 1. The highest BCUT2D eigenvalue weighted by atomic mass is 19.2. The van der Waals surface area contributed by atoms with Crippen LogP contribution in [0.5, 0.6) is 0 Å². The first-order chi connectivity index (χ1) is 9.50. The summed E-state index contributed by atoms with van der Waals surface area (Å²) in [6.45, 7) is 0. The summed E-state index contributed by atoms with van der Waals surface area (Å²) < 4.78 is 65.6. The van der Waals surface area contributed by atoms with E-state index in [0.29, 0.717) is 18.1 Å². The van der Waals surface area contributed by atoms with Crippen LogP contribution < -0.4 is 5.43 Å². The van der Waals surface area contributed by atoms with Crippen molar-refractivity contribution in [3.05, 3.63) is 41.2 Å². The van der Waals surface area contributed by atoms with Crippen molar-refractivity contribution >= 4 is 11.4 Å². The summed E-state index contributed by atoms with van der Waals surface area (Å²) >= 11 is 0. The maximum Gasteiger partial charge on any atom is 0.200 e. The van der Waals surface area contributed by atoms with Gasteiger partial charge in [0.1, 0.15) is 5.69 Å². The number of nitrogens with one attached hydrogen (secondary N) is 1. The summed E-state index contributed by atoms with van der Waals surface area (Å²) in [5.41, 5.74) is 1.52. The Morgan fingerprint density at radius 2 is 1.55 bits per heavy atom. The normalized spacial score (nSPS) is 25.8. The van der Waals surface area contributed by atoms with Gasteiger partial charge in [0.25, 0.3) is 0 Å². The summed E-state index contributed by atoms with van der Waals surface area (Å²) in [6.07, 6.45) is 5.42. The fourth-order valence-corrected chi connectivity index (χ4v) is 2.49. The number of halogens is 5. The number of hydrogen-bond donors (Lipinski definition) is 1. The number of rotatable bonds is 2. The number of allylic oxidation sites excluding steroid dienone is 2. The minimum atomic E-state index is -2.18. The molecule has 1 N–H and O–H groups in total. The minimum absolute atomic E-state index is 0.170. The summed E-state index contributed by atoms with van der Waals surface area (Å²) in [4.78, 5) is 0. The van der Waals surface area contributed by atoms with E-state index in [2.05, 4.69) is 5.10 Å². The molecule has 0 aliphatic heterocycles. The van der Waals surface area contributed by atoms with Crippen LogP contribution in [0.1, 0.15) is 12.8 Å². The van der Waals surface area contributed by atoms with Gasteiger partial charge in [0.2, 0.25) is 5.82 Å². The molecule has 1 aromatic rings. The van der Waals surface area contributed by atoms with Crippen molar-refractivity contribution in [2.24, 2.45) is 16.9 Å². The molecule has 2 atom stereocenters. The first kappa shape index (κ1) is 13.1. The summed E-state index contributed by atoms with van der Waals surface area (Å²) in [5.74, 6) is -9.43. The Morgan fingerprint density at radius 3 is 2.15 bits per heavy atom. The highest BCUT2D eigenvalue weighted by molar-refractivity contribution is 5.94. The van der Waals surface area contributed by atoms with Gasteiger partial charge in [-0.1, -0.05) is 12.2 Å². The lowest BCUT2D eigenvalue weighted by Crippen LogP contribution is -2.33. The highest BCUT2D eigenvalue weighted by Gasteiger charge is 2.38. The van der Waals surface area contributed by atoms with Crippen LogP contribution in [0, 0.1) is 40.9 Å². The van der Waals surface area contributed by atoms with Crippen molar-refractivity contribution in [3.63, 3.8) is 0 Å². The SMILES string of the molecule is Fc1c(F)c(F)c(N/N=C2/C[C@@H]3C=CC[C@H]23)c(F)c1F. The lowest BCUT2D eigenvalue weighted by atomic mass is 9.74. The van der Waals surface area contributed by atoms with Gasteiger partial charge in [0, 0.05) is 11.6 Å². The molecule has 0 radical (unpaired) electrons. The Bertz CT molecular complexity index is 609. The molecule has 0 unspecified atom stereocenters. The zero-order chi connectivity index (χ0) is 14.4. The van der Waals surface area contributed by atoms with E-state index >= 15 is 0 Å². The maximum absolute atomic E-state index is 13.4. The van der Waals surface area contributed by atoms with Gasteiger partial charge in [-0.15, -0.1) is 0 Å². The maximum atomic E-state index is 13.4. The number of nitrogens with zero attached hydrogens (tertiary/aromatic N) is 1. The van der Waals surface area contributed by atoms with Gasteiger partial charge >= 0.3 is 0 Å². The predicted molar refractivity (Wildman–Crippen MR) is 62.6 cm³/mol. The minimum Gasteiger partial charge on any atom is -0.272 e. The van der Waals surface area contributed by atoms with Crippen LogP contribution in [-0.2, 0) is 0 Å². The molecule has 2 aliphatic rings. The molecule has 7 heteroatoms. The molecule has 2 nitrogen and oxygen atoms in total. The van der Waals surface area contributed by atoms with Crippen LogP contribution in [-0.4, -0.2) is 5.71 Å². The second kappa shape index (κ2) is 4.57. The smallest absolute Gasteiger partial charge is 0.200 e. The molecule has 0 spiro atoms. The molecule has 1 saturated carbocycles. The van der Waals surface area contributed by atoms with Gasteiger partial charge in [0.15, 0.2) is 23.3 Å². The monoisotopic (exact) mass is 288 g/mol. The van der Waals surface area contributed by atoms with Crippen LogP contribution in [0.15, 0.2) is 17.3 Å². The predicted octanol–water partition coefficient (Wildman–Crippen LogP) is 3.75. The molecule has 0 aromatic heterocycles. The molecule has 1 fully saturated rings. The molecule has 0 saturated heterocycles. The van der Waals surface area contributed by atoms with Crippen LogP contribution in [0.3, 0.4) is 0 Å². The third-order valence-corrected chi connectivity index (χ3v) is 3.68. The first-order valence-electron chi connectivity index (χ1n) is 6.01. The Hall–Kier alpha value is -1.92. The standard InChI is InChI=1S/C13H9F5N2/c14-8-9(15)11(17)13(12(18)10(8)16)20-19-7-4-5-2-1-3-6(5)7/h1-2,5-6,20H,3-4H2/b19-7-/t5-,6-/m0/s1. The van der Waals surface area contributed by atoms with E-state index < -0.39 is 34.8 Å². The topological polar surface area (TPSA) is 24.4 Å². The van der Waals surface area contributed by atoms with Gasteiger partial charge in [-0.2, -0.15) is 5.10 Å². The van der Waals surface area contributed by atoms with E-state index in [-0.39, 0.29) is 5.92 Å². The average Bonchev–Trinajstić information content (AvgIpc) is 2.79. The first-order valence-corrected chi connectivity index (χ1v) is 6.01. The number of hydrazone groups is 1. The fourth-order valence-electron chi connectivity index (χ4n) is 2.49. The lowest BCUT2D eigenvalue weighted by Gasteiger charge is -2.31. The number of anilines is 1. The quantitative estimate of drug-likeness (QED) is 0.289. The van der Waals surface area contributed by atoms with E-state index in [9.17, 15) is 22.0 Å². The third kappa shape index (κ3) is 1.80. The molecule has 106 valence electrons. The van der Waals surface area contributed by atoms with E-state index in [4.69, 9.17) is 0 Å². The van der Waals surface area contributed by atoms with Gasteiger partial charge in [-0.25, -0.2) is 22.0 Å². The summed E-state index contributed by atoms with van der Waals surface area (Å²) in [5, 5.41) is 3.77. The number of hydrogen-bond acceptors (Lipinski definition) is 2. The van der Waals surface area contributed by atoms with E-state index in [1.807, 2.05) is 17.6 Å². The largest absolute Gasteiger partial charge is 0.272 e. The van der Waals surface area contributed by atoms with Crippen LogP contribution >= 0.6 is 0 Å². The van der Waals surface area contributed by atoms with Crippen LogP contribution in [0.4, 0.5) is 27.6 Å². The number of fused-ring (bicyclic) bond motifs is 1. The van der Waals surface area contributed by atoms with Gasteiger partial charge < -0.3 is 0 Å². The molecular formula is C13H9F5N2. The highest BCUT2D eigenvalue weighted by Crippen LogP contribution is 2.40. The van der Waals surface area contributed by atoms with E-state index in [1.165, 1.54) is 0 Å². The average molecular weight is 288 g/mol. The fraction of sp³-hybridized carbons (Fsp3) is 0.308. The Morgan fingerprint density at radius 1 is 0.950 bits per heavy atom.